The number of pyridine rings is 4. The van der Waals surface area contributed by atoms with Crippen molar-refractivity contribution in [2.45, 2.75) is 106 Å². The van der Waals surface area contributed by atoms with Gasteiger partial charge in [0.05, 0.1) is 98.7 Å². The second-order valence-corrected chi connectivity index (χ2v) is 59.5. The summed E-state index contributed by atoms with van der Waals surface area (Å²) in [5.74, 6) is 4.08. The van der Waals surface area contributed by atoms with Crippen LogP contribution in [0.2, 0.25) is 78.6 Å². The molecule has 0 atom stereocenters. The summed E-state index contributed by atoms with van der Waals surface area (Å²) in [5.41, 5.74) is 29.6. The van der Waals surface area contributed by atoms with Crippen LogP contribution in [0.5, 0.6) is 23.0 Å². The Bertz CT molecular complexity index is 7510. The van der Waals surface area contributed by atoms with Gasteiger partial charge in [0.15, 0.2) is 0 Å². The molecule has 16 nitrogen and oxygen atoms in total. The van der Waals surface area contributed by atoms with E-state index in [9.17, 15) is 20.4 Å². The predicted molar refractivity (Wildman–Crippen MR) is 572 cm³/mol. The fourth-order valence-corrected chi connectivity index (χ4v) is 21.9. The van der Waals surface area contributed by atoms with Gasteiger partial charge in [0.1, 0.15) is 46.3 Å². The van der Waals surface area contributed by atoms with Crippen LogP contribution >= 0.6 is 0 Å². The van der Waals surface area contributed by atoms with E-state index in [4.69, 9.17) is 19.9 Å². The third-order valence-electron chi connectivity index (χ3n) is 25.5. The van der Waals surface area contributed by atoms with Crippen LogP contribution in [0.15, 0.2) is 292 Å². The van der Waals surface area contributed by atoms with Crippen LogP contribution in [0, 0.1) is 52.0 Å². The van der Waals surface area contributed by atoms with Gasteiger partial charge in [-0.25, -0.2) is 19.9 Å². The van der Waals surface area contributed by atoms with Crippen molar-refractivity contribution >= 4 is 97.2 Å². The number of benzene rings is 12. The van der Waals surface area contributed by atoms with Crippen LogP contribution in [0.25, 0.3) is 179 Å². The molecule has 0 aliphatic carbocycles. The molecule has 12 aromatic carbocycles. The van der Waals surface area contributed by atoms with E-state index in [1.54, 1.807) is 12.4 Å². The maximum absolute atomic E-state index is 10.8. The number of rotatable bonds is 16. The van der Waals surface area contributed by atoms with E-state index in [1.807, 2.05) is 211 Å². The Hall–Kier alpha value is -12.1. The fourth-order valence-electron chi connectivity index (χ4n) is 17.3. The summed E-state index contributed by atoms with van der Waals surface area (Å²) < 4.78 is 8.27. The van der Waals surface area contributed by atoms with Crippen molar-refractivity contribution in [2.75, 3.05) is 0 Å². The minimum absolute atomic E-state index is 0. The molecule has 0 radical (unpaired) electrons. The zero-order chi connectivity index (χ0) is 96.1. The van der Waals surface area contributed by atoms with Crippen molar-refractivity contribution < 1.29 is 105 Å². The number of imidazole rings is 4. The largest absolute Gasteiger partial charge is 0.507 e. The van der Waals surface area contributed by atoms with Crippen molar-refractivity contribution in [2.24, 2.45) is 28.2 Å². The van der Waals surface area contributed by atoms with Gasteiger partial charge in [-0.15, -0.1) is 119 Å². The van der Waals surface area contributed by atoms with Gasteiger partial charge < -0.3 is 38.7 Å². The molecule has 4 N–H and O–H groups in total. The zero-order valence-corrected chi connectivity index (χ0v) is 95.2. The summed E-state index contributed by atoms with van der Waals surface area (Å²) in [6.07, 6.45) is 7.42. The summed E-state index contributed by atoms with van der Waals surface area (Å²) in [4.78, 5) is 38.4. The predicted octanol–water partition coefficient (Wildman–Crippen LogP) is 25.3. The minimum Gasteiger partial charge on any atom is -0.507 e. The Morgan fingerprint density at radius 2 is 0.464 bits per heavy atom. The standard InChI is InChI=1S/4C29H28N3OSi.4Pt/c2*1-19-9-6-13-24(28(19)33)29-31-27-23(12-8-14-26(27)32(29)2)20-10-7-11-21(17-20)25-18-22(15-16-30-25)34(3,4)5;2*1-19-10-8-13-23(28(19)33)29-31-27-24(17-22(34(3,4)5)18-26(27)32(29)2)20-11-9-12-21(16-20)25-14-6-7-15-30-25;;;;/h2*6-16,18,33H,1-5H3;2*6-15,17-18,33H,1-5H3;;;;/q4*-1;;;;. The maximum Gasteiger partial charge on any atom is 0.143 e. The van der Waals surface area contributed by atoms with Crippen LogP contribution in [0.1, 0.15) is 22.3 Å². The normalized spacial score (nSPS) is 11.5. The van der Waals surface area contributed by atoms with E-state index in [0.29, 0.717) is 0 Å². The Morgan fingerprint density at radius 1 is 0.221 bits per heavy atom. The number of aromatic nitrogens is 12. The van der Waals surface area contributed by atoms with Crippen molar-refractivity contribution in [1.29, 1.82) is 0 Å². The summed E-state index contributed by atoms with van der Waals surface area (Å²) >= 11 is 0. The van der Waals surface area contributed by atoms with E-state index < -0.39 is 32.3 Å². The molecule has 0 amide bonds. The number of phenolic OH excluding ortho intramolecular Hbond substituents is 4. The number of phenols is 4. The van der Waals surface area contributed by atoms with E-state index in [2.05, 4.69) is 265 Å². The molecule has 8 heterocycles. The number of hydrogen-bond donors (Lipinski definition) is 4. The van der Waals surface area contributed by atoms with E-state index >= 15 is 0 Å². The molecule has 0 aliphatic heterocycles. The SMILES string of the molecule is Cc1cccc(-c2nc3c(-c4[c-]c(-c5cc([Si](C)(C)C)ccn5)ccc4)cccc3n2C)c1O.Cc1cccc(-c2nc3c(-c4[c-]c(-c5cc([Si](C)(C)C)ccn5)ccc4)cccc3n2C)c1O.Cc1cccc(-c2nc3c(-c4[c-]c(-c5ccccn5)ccc4)cc([Si](C)(C)C)cc3n2C)c1O.Cc1cccc(-c2nc3c(-c4[c-]c(-c5ccccn5)ccc4)cc([Si](C)(C)C)cc3n2C)c1O.[Pt].[Pt].[Pt].[Pt]. The van der Waals surface area contributed by atoms with Gasteiger partial charge in [0, 0.05) is 160 Å². The molecule has 20 aromatic rings. The zero-order valence-electron chi connectivity index (χ0n) is 82.1. The van der Waals surface area contributed by atoms with Gasteiger partial charge in [0.2, 0.25) is 0 Å². The van der Waals surface area contributed by atoms with Gasteiger partial charge in [-0.2, -0.15) is 0 Å². The Kier molecular flexibility index (Phi) is 32.5. The molecule has 24 heteroatoms. The first-order valence-corrected chi connectivity index (χ1v) is 59.9. The van der Waals surface area contributed by atoms with E-state index in [-0.39, 0.29) is 107 Å². The Morgan fingerprint density at radius 3 is 0.750 bits per heavy atom. The summed E-state index contributed by atoms with van der Waals surface area (Å²) in [7, 11) is 1.90. The number of fused-ring (bicyclic) bond motifs is 4. The Labute approximate surface area is 882 Å². The van der Waals surface area contributed by atoms with Crippen LogP contribution in [-0.2, 0) is 112 Å². The van der Waals surface area contributed by atoms with Crippen molar-refractivity contribution in [1.82, 2.24) is 58.1 Å². The maximum atomic E-state index is 10.8. The smallest absolute Gasteiger partial charge is 0.143 e. The number of aromatic hydroxyl groups is 4. The second kappa shape index (κ2) is 43.2. The molecular weight excluding hydrogens is 2520 g/mol. The molecule has 0 saturated carbocycles. The van der Waals surface area contributed by atoms with Gasteiger partial charge in [-0.3, -0.25) is 19.9 Å². The Balaban J connectivity index is 0.000000156. The molecule has 0 unspecified atom stereocenters. The number of para-hydroxylation sites is 6. The first-order chi connectivity index (χ1) is 64.9. The van der Waals surface area contributed by atoms with Gasteiger partial charge in [-0.05, 0) is 123 Å². The van der Waals surface area contributed by atoms with Crippen molar-refractivity contribution in [3.05, 3.63) is 338 Å². The third-order valence-corrected chi connectivity index (χ3v) is 33.6. The molecular formula is C116H112N12O4Pt4Si4-4. The third kappa shape index (κ3) is 21.9. The topological polar surface area (TPSA) is 204 Å². The van der Waals surface area contributed by atoms with Gasteiger partial charge in [0.25, 0.3) is 0 Å². The minimum atomic E-state index is -1.62. The summed E-state index contributed by atoms with van der Waals surface area (Å²) in [6, 6.07) is 104. The van der Waals surface area contributed by atoms with Gasteiger partial charge >= 0.3 is 0 Å². The first-order valence-electron chi connectivity index (χ1n) is 45.9. The molecule has 140 heavy (non-hydrogen) atoms. The molecule has 0 bridgehead atoms. The van der Waals surface area contributed by atoms with Gasteiger partial charge in [-0.1, -0.05) is 265 Å². The second-order valence-electron chi connectivity index (χ2n) is 39.2. The molecule has 0 aliphatic rings. The van der Waals surface area contributed by atoms with Crippen molar-refractivity contribution in [3.8, 4) is 158 Å². The monoisotopic (exact) mass is 2630 g/mol. The molecule has 0 saturated heterocycles. The molecule has 20 rings (SSSR count). The quantitative estimate of drug-likeness (QED) is 0.0527. The number of nitrogens with zero attached hydrogens (tertiary/aromatic N) is 12. The summed E-state index contributed by atoms with van der Waals surface area (Å²) in [6.45, 7) is 35.8. The number of aryl methyl sites for hydroxylation is 8. The average Bonchev–Trinajstić information content (AvgIpc) is 1.59. The average molecular weight is 2630 g/mol. The van der Waals surface area contributed by atoms with Crippen LogP contribution < -0.4 is 20.7 Å². The van der Waals surface area contributed by atoms with Crippen LogP contribution in [-0.4, -0.2) is 111 Å². The van der Waals surface area contributed by atoms with Crippen molar-refractivity contribution in [3.63, 3.8) is 0 Å². The number of hydrogen-bond acceptors (Lipinski definition) is 12. The molecule has 720 valence electrons. The van der Waals surface area contributed by atoms with E-state index in [0.717, 1.165) is 201 Å². The molecule has 8 aromatic heterocycles. The van der Waals surface area contributed by atoms with E-state index in [1.165, 1.54) is 20.7 Å². The molecule has 0 fully saturated rings. The summed E-state index contributed by atoms with van der Waals surface area (Å²) in [5, 5.41) is 48.4. The van der Waals surface area contributed by atoms with Crippen LogP contribution in [0.3, 0.4) is 0 Å². The fraction of sp³-hybridized carbons (Fsp3) is 0.172. The molecule has 0 spiro atoms. The van der Waals surface area contributed by atoms with Crippen LogP contribution in [0.4, 0.5) is 0 Å². The first kappa shape index (κ1) is 105.